The summed E-state index contributed by atoms with van der Waals surface area (Å²) in [5.41, 5.74) is 8.63. The molecule has 0 heterocycles. The van der Waals surface area contributed by atoms with Gasteiger partial charge in [0.2, 0.25) is 0 Å². The molecule has 8 heteroatoms. The lowest BCUT2D eigenvalue weighted by Gasteiger charge is -2.14. The Labute approximate surface area is 155 Å². The zero-order chi connectivity index (χ0) is 18.2. The van der Waals surface area contributed by atoms with E-state index in [9.17, 15) is 4.79 Å². The topological polar surface area (TPSA) is 85.9 Å². The molecule has 0 aliphatic carbocycles. The standard InChI is InChI=1S/C17H17Cl2N3O3/c1-2-24-15-8-12(9-21-22-17(20)23)7-14(19)16(15)25-10-11-3-5-13(18)6-4-11/h3-9H,2,10H2,1H3,(H3,20,22,23). The van der Waals surface area contributed by atoms with E-state index in [1.54, 1.807) is 24.3 Å². The van der Waals surface area contributed by atoms with E-state index in [0.717, 1.165) is 5.56 Å². The molecule has 0 aromatic heterocycles. The van der Waals surface area contributed by atoms with E-state index in [0.29, 0.717) is 40.3 Å². The van der Waals surface area contributed by atoms with E-state index in [4.69, 9.17) is 38.4 Å². The van der Waals surface area contributed by atoms with Gasteiger partial charge in [-0.1, -0.05) is 35.3 Å². The Balaban J connectivity index is 2.19. The summed E-state index contributed by atoms with van der Waals surface area (Å²) in [6.45, 7) is 2.60. The number of hydrogen-bond donors (Lipinski definition) is 2. The molecular formula is C17H17Cl2N3O3. The van der Waals surface area contributed by atoms with Crippen LogP contribution in [-0.2, 0) is 6.61 Å². The van der Waals surface area contributed by atoms with Gasteiger partial charge < -0.3 is 15.2 Å². The first kappa shape index (κ1) is 18.9. The molecule has 132 valence electrons. The number of amides is 2. The van der Waals surface area contributed by atoms with Crippen LogP contribution < -0.4 is 20.6 Å². The van der Waals surface area contributed by atoms with E-state index in [-0.39, 0.29) is 0 Å². The lowest BCUT2D eigenvalue weighted by Crippen LogP contribution is -2.24. The molecule has 3 N–H and O–H groups in total. The SMILES string of the molecule is CCOc1cc(C=NNC(N)=O)cc(Cl)c1OCc1ccc(Cl)cc1. The summed E-state index contributed by atoms with van der Waals surface area (Å²) >= 11 is 12.2. The number of benzene rings is 2. The molecule has 0 atom stereocenters. The van der Waals surface area contributed by atoms with E-state index >= 15 is 0 Å². The number of nitrogens with one attached hydrogen (secondary N) is 1. The maximum Gasteiger partial charge on any atom is 0.332 e. The summed E-state index contributed by atoms with van der Waals surface area (Å²) in [7, 11) is 0. The van der Waals surface area contributed by atoms with Crippen molar-refractivity contribution in [2.75, 3.05) is 6.61 Å². The van der Waals surface area contributed by atoms with Crippen molar-refractivity contribution in [2.24, 2.45) is 10.8 Å². The fraction of sp³-hybridized carbons (Fsp3) is 0.176. The van der Waals surface area contributed by atoms with Gasteiger partial charge in [-0.3, -0.25) is 0 Å². The van der Waals surface area contributed by atoms with E-state index in [2.05, 4.69) is 10.5 Å². The first-order chi connectivity index (χ1) is 12.0. The van der Waals surface area contributed by atoms with E-state index in [1.807, 2.05) is 19.1 Å². The second-order valence-electron chi connectivity index (χ2n) is 4.91. The summed E-state index contributed by atoms with van der Waals surface area (Å²) in [5.74, 6) is 0.906. The monoisotopic (exact) mass is 381 g/mol. The van der Waals surface area contributed by atoms with Gasteiger partial charge in [0.25, 0.3) is 0 Å². The highest BCUT2D eigenvalue weighted by atomic mass is 35.5. The van der Waals surface area contributed by atoms with Gasteiger partial charge in [-0.15, -0.1) is 0 Å². The Bertz CT molecular complexity index is 764. The van der Waals surface area contributed by atoms with Gasteiger partial charge in [-0.2, -0.15) is 5.10 Å². The number of hydrazone groups is 1. The average Bonchev–Trinajstić information content (AvgIpc) is 2.55. The van der Waals surface area contributed by atoms with Crippen molar-refractivity contribution >= 4 is 35.4 Å². The number of hydrogen-bond acceptors (Lipinski definition) is 4. The van der Waals surface area contributed by atoms with Gasteiger partial charge in [-0.05, 0) is 42.3 Å². The highest BCUT2D eigenvalue weighted by Crippen LogP contribution is 2.37. The summed E-state index contributed by atoms with van der Waals surface area (Å²) in [6.07, 6.45) is 1.40. The van der Waals surface area contributed by atoms with Crippen LogP contribution in [0.1, 0.15) is 18.1 Å². The van der Waals surface area contributed by atoms with Gasteiger partial charge in [0, 0.05) is 5.02 Å². The van der Waals surface area contributed by atoms with E-state index < -0.39 is 6.03 Å². The number of halogens is 2. The number of carbonyl (C=O) groups excluding carboxylic acids is 1. The number of rotatable bonds is 7. The molecular weight excluding hydrogens is 365 g/mol. The summed E-state index contributed by atoms with van der Waals surface area (Å²) in [4.78, 5) is 10.6. The van der Waals surface area contributed by atoms with Crippen LogP contribution in [0.15, 0.2) is 41.5 Å². The van der Waals surface area contributed by atoms with Crippen LogP contribution in [0.25, 0.3) is 0 Å². The summed E-state index contributed by atoms with van der Waals surface area (Å²) in [6, 6.07) is 9.91. The molecule has 0 saturated carbocycles. The van der Waals surface area contributed by atoms with Crippen LogP contribution in [-0.4, -0.2) is 18.9 Å². The molecule has 0 aliphatic heterocycles. The largest absolute Gasteiger partial charge is 0.490 e. The molecule has 0 radical (unpaired) electrons. The number of urea groups is 1. The fourth-order valence-electron chi connectivity index (χ4n) is 1.97. The van der Waals surface area contributed by atoms with Gasteiger partial charge in [0.1, 0.15) is 6.61 Å². The Morgan fingerprint density at radius 1 is 1.24 bits per heavy atom. The predicted octanol–water partition coefficient (Wildman–Crippen LogP) is 3.97. The maximum absolute atomic E-state index is 10.6. The van der Waals surface area contributed by atoms with Crippen LogP contribution in [0.2, 0.25) is 10.0 Å². The van der Waals surface area contributed by atoms with Crippen molar-refractivity contribution in [3.05, 3.63) is 57.6 Å². The van der Waals surface area contributed by atoms with Crippen molar-refractivity contribution in [1.29, 1.82) is 0 Å². The summed E-state index contributed by atoms with van der Waals surface area (Å²) in [5, 5.41) is 4.72. The molecule has 2 aromatic rings. The highest BCUT2D eigenvalue weighted by Gasteiger charge is 2.12. The van der Waals surface area contributed by atoms with Crippen molar-refractivity contribution in [2.45, 2.75) is 13.5 Å². The second-order valence-corrected chi connectivity index (χ2v) is 5.76. The summed E-state index contributed by atoms with van der Waals surface area (Å²) < 4.78 is 11.4. The van der Waals surface area contributed by atoms with Crippen LogP contribution in [0.5, 0.6) is 11.5 Å². The third kappa shape index (κ3) is 5.85. The van der Waals surface area contributed by atoms with Crippen LogP contribution >= 0.6 is 23.2 Å². The van der Waals surface area contributed by atoms with Gasteiger partial charge in [0.15, 0.2) is 11.5 Å². The zero-order valence-electron chi connectivity index (χ0n) is 13.5. The van der Waals surface area contributed by atoms with Crippen LogP contribution in [0, 0.1) is 0 Å². The van der Waals surface area contributed by atoms with Gasteiger partial charge in [-0.25, -0.2) is 10.2 Å². The average molecular weight is 382 g/mol. The molecule has 2 amide bonds. The minimum atomic E-state index is -0.754. The molecule has 25 heavy (non-hydrogen) atoms. The fourth-order valence-corrected chi connectivity index (χ4v) is 2.37. The van der Waals surface area contributed by atoms with Gasteiger partial charge in [0.05, 0.1) is 17.8 Å². The number of primary amides is 1. The number of nitrogens with zero attached hydrogens (tertiary/aromatic N) is 1. The molecule has 0 bridgehead atoms. The highest BCUT2D eigenvalue weighted by molar-refractivity contribution is 6.32. The molecule has 2 aromatic carbocycles. The smallest absolute Gasteiger partial charge is 0.332 e. The first-order valence-corrected chi connectivity index (χ1v) is 8.17. The van der Waals surface area contributed by atoms with Crippen molar-refractivity contribution in [3.63, 3.8) is 0 Å². The first-order valence-electron chi connectivity index (χ1n) is 7.41. The third-order valence-electron chi connectivity index (χ3n) is 3.02. The maximum atomic E-state index is 10.6. The number of nitrogens with two attached hydrogens (primary N) is 1. The predicted molar refractivity (Wildman–Crippen MR) is 98.7 cm³/mol. The molecule has 2 rings (SSSR count). The lowest BCUT2D eigenvalue weighted by molar-refractivity contribution is 0.249. The second kappa shape index (κ2) is 9.15. The van der Waals surface area contributed by atoms with Crippen molar-refractivity contribution < 1.29 is 14.3 Å². The zero-order valence-corrected chi connectivity index (χ0v) is 15.0. The molecule has 0 fully saturated rings. The van der Waals surface area contributed by atoms with E-state index in [1.165, 1.54) is 6.21 Å². The molecule has 0 saturated heterocycles. The normalized spacial score (nSPS) is 10.7. The quantitative estimate of drug-likeness (QED) is 0.561. The third-order valence-corrected chi connectivity index (χ3v) is 3.55. The molecule has 0 unspecified atom stereocenters. The van der Waals surface area contributed by atoms with Gasteiger partial charge >= 0.3 is 6.03 Å². The Morgan fingerprint density at radius 2 is 1.96 bits per heavy atom. The number of carbonyl (C=O) groups is 1. The van der Waals surface area contributed by atoms with Crippen molar-refractivity contribution in [1.82, 2.24) is 5.43 Å². The lowest BCUT2D eigenvalue weighted by atomic mass is 10.2. The molecule has 6 nitrogen and oxygen atoms in total. The molecule has 0 aliphatic rings. The van der Waals surface area contributed by atoms with Crippen LogP contribution in [0.4, 0.5) is 4.79 Å². The Hall–Kier alpha value is -2.44. The van der Waals surface area contributed by atoms with Crippen LogP contribution in [0.3, 0.4) is 0 Å². The minimum Gasteiger partial charge on any atom is -0.490 e. The Morgan fingerprint density at radius 3 is 2.60 bits per heavy atom. The van der Waals surface area contributed by atoms with Crippen molar-refractivity contribution in [3.8, 4) is 11.5 Å². The number of ether oxygens (including phenoxy) is 2. The molecule has 0 spiro atoms. The Kier molecular flexibility index (Phi) is 6.91. The minimum absolute atomic E-state index is 0.313.